The van der Waals surface area contributed by atoms with Gasteiger partial charge in [-0.15, -0.1) is 0 Å². The highest BCUT2D eigenvalue weighted by molar-refractivity contribution is 7.79. The molecule has 0 spiro atoms. The van der Waals surface area contributed by atoms with Crippen LogP contribution in [0.25, 0.3) is 23.1 Å². The van der Waals surface area contributed by atoms with Gasteiger partial charge < -0.3 is 4.57 Å². The van der Waals surface area contributed by atoms with E-state index in [1.165, 1.54) is 21.5 Å². The quantitative estimate of drug-likeness (QED) is 0.666. The van der Waals surface area contributed by atoms with E-state index in [-0.39, 0.29) is 0 Å². The second-order valence-corrected chi connectivity index (χ2v) is 3.45. The number of benzene rings is 1. The molecule has 0 atom stereocenters. The van der Waals surface area contributed by atoms with Crippen LogP contribution in [-0.4, -0.2) is 10.8 Å². The van der Waals surface area contributed by atoms with Gasteiger partial charge in [0, 0.05) is 28.5 Å². The minimum Gasteiger partial charge on any atom is -0.344 e. The van der Waals surface area contributed by atoms with Crippen LogP contribution in [0.4, 0.5) is 0 Å². The molecule has 0 bridgehead atoms. The van der Waals surface area contributed by atoms with Crippen LogP contribution in [0, 0.1) is 0 Å². The molecule has 0 saturated heterocycles. The van der Waals surface area contributed by atoms with Crippen molar-refractivity contribution in [2.24, 2.45) is 7.05 Å². The van der Waals surface area contributed by atoms with Gasteiger partial charge in [-0.2, -0.15) is 12.6 Å². The minimum atomic E-state index is 1.30. The second-order valence-electron chi connectivity index (χ2n) is 3.45. The first kappa shape index (κ1) is 12.9. The molecule has 0 aliphatic carbocycles. The van der Waals surface area contributed by atoms with Gasteiger partial charge in [0.1, 0.15) is 0 Å². The molecule has 0 aliphatic rings. The monoisotopic (exact) mass is 233 g/mol. The highest BCUT2D eigenvalue weighted by Gasteiger charge is 2.01. The summed E-state index contributed by atoms with van der Waals surface area (Å²) in [6.45, 7) is 4.18. The third-order valence-corrected chi connectivity index (χ3v) is 2.75. The van der Waals surface area contributed by atoms with Gasteiger partial charge in [0.25, 0.3) is 0 Å². The fourth-order valence-electron chi connectivity index (χ4n) is 2.09. The zero-order chi connectivity index (χ0) is 12.1. The highest BCUT2D eigenvalue weighted by atomic mass is 32.1. The Hall–Kier alpha value is -1.15. The molecular weight excluding hydrogens is 214 g/mol. The van der Waals surface area contributed by atoms with E-state index in [4.69, 9.17) is 0 Å². The lowest BCUT2D eigenvalue weighted by Crippen LogP contribution is -2.26. The molecule has 16 heavy (non-hydrogen) atoms. The Kier molecular flexibility index (Phi) is 4.69. The standard InChI is InChI=1S/C13H15N.CH4S/c1-4-10-11-8-6-7-9-13(11)14(3)12(10)5-2;1-2/h4-9H,1-3H3;2H,1H3/b10-4-,12-5+;. The lowest BCUT2D eigenvalue weighted by atomic mass is 10.2. The van der Waals surface area contributed by atoms with Crippen LogP contribution in [0.5, 0.6) is 0 Å². The van der Waals surface area contributed by atoms with Gasteiger partial charge in [-0.1, -0.05) is 30.4 Å². The summed E-state index contributed by atoms with van der Waals surface area (Å²) in [6.07, 6.45) is 6.03. The molecule has 0 unspecified atom stereocenters. The predicted molar refractivity (Wildman–Crippen MR) is 77.4 cm³/mol. The lowest BCUT2D eigenvalue weighted by Gasteiger charge is -1.94. The first-order valence-corrected chi connectivity index (χ1v) is 6.30. The zero-order valence-corrected chi connectivity index (χ0v) is 11.3. The Labute approximate surface area is 103 Å². The fraction of sp³-hybridized carbons (Fsp3) is 0.286. The maximum atomic E-state index is 3.53. The normalized spacial score (nSPS) is 12.8. The number of aromatic nitrogens is 1. The maximum Gasteiger partial charge on any atom is 0.0488 e. The fourth-order valence-corrected chi connectivity index (χ4v) is 2.09. The number of rotatable bonds is 0. The van der Waals surface area contributed by atoms with Crippen molar-refractivity contribution in [1.29, 1.82) is 0 Å². The van der Waals surface area contributed by atoms with Crippen LogP contribution in [-0.2, 0) is 7.05 Å². The van der Waals surface area contributed by atoms with E-state index in [2.05, 4.69) is 74.5 Å². The number of fused-ring (bicyclic) bond motifs is 1. The van der Waals surface area contributed by atoms with Gasteiger partial charge >= 0.3 is 0 Å². The average Bonchev–Trinajstić information content (AvgIpc) is 2.64. The summed E-state index contributed by atoms with van der Waals surface area (Å²) in [5, 5.41) is 3.98. The van der Waals surface area contributed by atoms with Gasteiger partial charge in [-0.25, -0.2) is 0 Å². The summed E-state index contributed by atoms with van der Waals surface area (Å²) in [5.41, 5.74) is 1.30. The number of aryl methyl sites for hydroxylation is 1. The average molecular weight is 233 g/mol. The number of nitrogens with zero attached hydrogens (tertiary/aromatic N) is 1. The summed E-state index contributed by atoms with van der Waals surface area (Å²) in [5.74, 6) is 0. The Morgan fingerprint density at radius 1 is 1.06 bits per heavy atom. The van der Waals surface area contributed by atoms with Crippen molar-refractivity contribution < 1.29 is 0 Å². The molecule has 1 aromatic carbocycles. The van der Waals surface area contributed by atoms with Crippen LogP contribution < -0.4 is 10.6 Å². The molecule has 0 aliphatic heterocycles. The van der Waals surface area contributed by atoms with E-state index in [9.17, 15) is 0 Å². The van der Waals surface area contributed by atoms with E-state index in [1.807, 2.05) is 0 Å². The largest absolute Gasteiger partial charge is 0.344 e. The van der Waals surface area contributed by atoms with E-state index in [0.29, 0.717) is 0 Å². The number of para-hydroxylation sites is 1. The SMILES string of the molecule is C/C=c1\c(=C/C)n(C)c2ccccc12.CS. The van der Waals surface area contributed by atoms with Crippen molar-refractivity contribution in [3.63, 3.8) is 0 Å². The molecule has 1 nitrogen and oxygen atoms in total. The second kappa shape index (κ2) is 5.80. The molecule has 2 aromatic rings. The summed E-state index contributed by atoms with van der Waals surface area (Å²) in [7, 11) is 2.12. The molecule has 2 heteroatoms. The Bertz CT molecular complexity index is 579. The molecule has 1 aromatic heterocycles. The van der Waals surface area contributed by atoms with Crippen molar-refractivity contribution in [1.82, 2.24) is 4.57 Å². The lowest BCUT2D eigenvalue weighted by molar-refractivity contribution is 0.924. The summed E-state index contributed by atoms with van der Waals surface area (Å²) in [4.78, 5) is 0. The van der Waals surface area contributed by atoms with Gasteiger partial charge in [-0.3, -0.25) is 0 Å². The van der Waals surface area contributed by atoms with Crippen molar-refractivity contribution in [3.8, 4) is 0 Å². The molecular formula is C14H19NS. The number of thiol groups is 1. The molecule has 1 heterocycles. The first-order chi connectivity index (χ1) is 7.79. The van der Waals surface area contributed by atoms with Gasteiger partial charge in [0.05, 0.1) is 0 Å². The molecule has 0 N–H and O–H groups in total. The smallest absolute Gasteiger partial charge is 0.0488 e. The third kappa shape index (κ3) is 2.03. The van der Waals surface area contributed by atoms with Crippen LogP contribution in [0.3, 0.4) is 0 Å². The van der Waals surface area contributed by atoms with Gasteiger partial charge in [0.15, 0.2) is 0 Å². The number of hydrogen-bond acceptors (Lipinski definition) is 1. The maximum absolute atomic E-state index is 3.53. The molecule has 0 radical (unpaired) electrons. The van der Waals surface area contributed by atoms with Crippen LogP contribution in [0.1, 0.15) is 13.8 Å². The molecule has 2 rings (SSSR count). The van der Waals surface area contributed by atoms with Gasteiger partial charge in [-0.05, 0) is 26.2 Å². The van der Waals surface area contributed by atoms with Crippen molar-refractivity contribution in [3.05, 3.63) is 34.8 Å². The summed E-state index contributed by atoms with van der Waals surface area (Å²) < 4.78 is 2.24. The Morgan fingerprint density at radius 2 is 1.69 bits per heavy atom. The van der Waals surface area contributed by atoms with Crippen LogP contribution in [0.15, 0.2) is 24.3 Å². The molecule has 0 amide bonds. The van der Waals surface area contributed by atoms with Crippen LogP contribution >= 0.6 is 12.6 Å². The van der Waals surface area contributed by atoms with Gasteiger partial charge in [0.2, 0.25) is 0 Å². The van der Waals surface area contributed by atoms with Crippen molar-refractivity contribution in [2.75, 3.05) is 6.26 Å². The molecule has 86 valence electrons. The molecule has 0 fully saturated rings. The van der Waals surface area contributed by atoms with E-state index in [1.54, 1.807) is 6.26 Å². The van der Waals surface area contributed by atoms with E-state index in [0.717, 1.165) is 0 Å². The van der Waals surface area contributed by atoms with Crippen molar-refractivity contribution in [2.45, 2.75) is 13.8 Å². The van der Waals surface area contributed by atoms with Crippen LogP contribution in [0.2, 0.25) is 0 Å². The summed E-state index contributed by atoms with van der Waals surface area (Å²) in [6, 6.07) is 8.52. The van der Waals surface area contributed by atoms with E-state index < -0.39 is 0 Å². The highest BCUT2D eigenvalue weighted by Crippen LogP contribution is 2.06. The number of hydrogen-bond donors (Lipinski definition) is 1. The zero-order valence-electron chi connectivity index (χ0n) is 10.4. The Balaban J connectivity index is 0.000000606. The Morgan fingerprint density at radius 3 is 2.25 bits per heavy atom. The summed E-state index contributed by atoms with van der Waals surface area (Å²) >= 11 is 3.53. The minimum absolute atomic E-state index is 1.30. The first-order valence-electron chi connectivity index (χ1n) is 5.40. The topological polar surface area (TPSA) is 4.93 Å². The van der Waals surface area contributed by atoms with Crippen molar-refractivity contribution >= 4 is 35.7 Å². The third-order valence-electron chi connectivity index (χ3n) is 2.75. The predicted octanol–water partition coefficient (Wildman–Crippen LogP) is 2.33. The van der Waals surface area contributed by atoms with E-state index >= 15 is 0 Å². The molecule has 0 saturated carbocycles.